The molecule has 1 fully saturated rings. The van der Waals surface area contributed by atoms with Gasteiger partial charge in [0.15, 0.2) is 0 Å². The summed E-state index contributed by atoms with van der Waals surface area (Å²) in [5.41, 5.74) is 1.26. The number of methoxy groups -OCH3 is 1. The second-order valence-electron chi connectivity index (χ2n) is 8.15. The summed E-state index contributed by atoms with van der Waals surface area (Å²) >= 11 is 0. The Kier molecular flexibility index (Phi) is 6.67. The van der Waals surface area contributed by atoms with E-state index in [2.05, 4.69) is 15.6 Å². The maximum absolute atomic E-state index is 13.3. The van der Waals surface area contributed by atoms with Crippen LogP contribution in [0.4, 0.5) is 16.5 Å². The molecule has 1 saturated heterocycles. The summed E-state index contributed by atoms with van der Waals surface area (Å²) in [5.74, 6) is 0.628. The lowest BCUT2D eigenvalue weighted by Crippen LogP contribution is -2.43. The molecule has 34 heavy (non-hydrogen) atoms. The number of likely N-dealkylation sites (tertiary alicyclic amines) is 1. The van der Waals surface area contributed by atoms with Crippen molar-refractivity contribution in [1.82, 2.24) is 9.88 Å². The fraction of sp³-hybridized carbons (Fsp3) is 0.333. The minimum Gasteiger partial charge on any atom is -0.497 e. The van der Waals surface area contributed by atoms with Crippen LogP contribution in [0.1, 0.15) is 24.0 Å². The van der Waals surface area contributed by atoms with E-state index in [0.717, 1.165) is 18.4 Å². The minimum absolute atomic E-state index is 0.0677. The lowest BCUT2D eigenvalue weighted by atomic mass is 10.0. The molecule has 0 saturated carbocycles. The number of carbonyl (C=O) groups excluding carboxylic acids is 1. The highest BCUT2D eigenvalue weighted by Crippen LogP contribution is 2.24. The van der Waals surface area contributed by atoms with E-state index in [1.807, 2.05) is 24.3 Å². The predicted octanol–water partition coefficient (Wildman–Crippen LogP) is 3.24. The van der Waals surface area contributed by atoms with Gasteiger partial charge in [-0.05, 0) is 55.2 Å². The summed E-state index contributed by atoms with van der Waals surface area (Å²) < 4.78 is 10.6. The smallest absolute Gasteiger partial charge is 0.409 e. The molecule has 2 amide bonds. The van der Waals surface area contributed by atoms with Crippen LogP contribution in [0.5, 0.6) is 5.75 Å². The summed E-state index contributed by atoms with van der Waals surface area (Å²) in [5, 5.41) is 14.4. The molecule has 10 heteroatoms. The standard InChI is InChI=1S/C24H26N4O6/c1-14-17(27-24(31)32)9-10-18-20(14)22(30)34-23(25-18)26-19(21(29)28-11-3-4-12-28)13-15-5-7-16(33-2)8-6-15/h5-10,19,27H,3-4,11-13H2,1-2H3,(H,25,26)(H,31,32)/t19-/m0/s1. The fourth-order valence-corrected chi connectivity index (χ4v) is 4.14. The summed E-state index contributed by atoms with van der Waals surface area (Å²) in [7, 11) is 1.59. The third kappa shape index (κ3) is 4.95. The number of carbonyl (C=O) groups is 2. The van der Waals surface area contributed by atoms with Crippen molar-refractivity contribution < 1.29 is 23.8 Å². The predicted molar refractivity (Wildman–Crippen MR) is 127 cm³/mol. The van der Waals surface area contributed by atoms with Crippen LogP contribution < -0.4 is 21.0 Å². The first-order valence-electron chi connectivity index (χ1n) is 11.0. The first-order valence-corrected chi connectivity index (χ1v) is 11.0. The van der Waals surface area contributed by atoms with Gasteiger partial charge in [-0.2, -0.15) is 4.98 Å². The second-order valence-corrected chi connectivity index (χ2v) is 8.15. The normalized spacial score (nSPS) is 14.1. The molecule has 10 nitrogen and oxygen atoms in total. The van der Waals surface area contributed by atoms with E-state index in [4.69, 9.17) is 14.3 Å². The molecule has 2 aromatic carbocycles. The Labute approximate surface area is 195 Å². The van der Waals surface area contributed by atoms with Gasteiger partial charge in [-0.15, -0.1) is 0 Å². The summed E-state index contributed by atoms with van der Waals surface area (Å²) in [6.45, 7) is 2.99. The van der Waals surface area contributed by atoms with Crippen LogP contribution in [0.2, 0.25) is 0 Å². The SMILES string of the molecule is COc1ccc(C[C@H](Nc2nc3ccc(NC(=O)O)c(C)c3c(=O)o2)C(=O)N2CCCC2)cc1. The maximum atomic E-state index is 13.3. The molecule has 0 radical (unpaired) electrons. The molecule has 0 spiro atoms. The van der Waals surface area contributed by atoms with Crippen LogP contribution in [0, 0.1) is 6.92 Å². The molecule has 1 atom stereocenters. The zero-order chi connectivity index (χ0) is 24.2. The van der Waals surface area contributed by atoms with Crippen LogP contribution in [-0.4, -0.2) is 53.2 Å². The fourth-order valence-electron chi connectivity index (χ4n) is 4.14. The van der Waals surface area contributed by atoms with Gasteiger partial charge in [0, 0.05) is 25.2 Å². The highest BCUT2D eigenvalue weighted by Gasteiger charge is 2.28. The van der Waals surface area contributed by atoms with E-state index in [0.29, 0.717) is 36.3 Å². The molecule has 3 N–H and O–H groups in total. The van der Waals surface area contributed by atoms with Gasteiger partial charge in [-0.25, -0.2) is 9.59 Å². The summed E-state index contributed by atoms with van der Waals surface area (Å²) in [4.78, 5) is 43.2. The van der Waals surface area contributed by atoms with Crippen molar-refractivity contribution in [2.24, 2.45) is 0 Å². The molecule has 2 heterocycles. The van der Waals surface area contributed by atoms with Gasteiger partial charge in [0.1, 0.15) is 11.8 Å². The molecule has 1 aliphatic rings. The lowest BCUT2D eigenvalue weighted by molar-refractivity contribution is -0.131. The van der Waals surface area contributed by atoms with Crippen LogP contribution in [0.3, 0.4) is 0 Å². The summed E-state index contributed by atoms with van der Waals surface area (Å²) in [6.07, 6.45) is 1.04. The van der Waals surface area contributed by atoms with E-state index in [1.54, 1.807) is 18.9 Å². The Morgan fingerprint density at radius 1 is 1.18 bits per heavy atom. The largest absolute Gasteiger partial charge is 0.497 e. The van der Waals surface area contributed by atoms with Crippen molar-refractivity contribution in [3.8, 4) is 5.75 Å². The van der Waals surface area contributed by atoms with E-state index in [1.165, 1.54) is 12.1 Å². The minimum atomic E-state index is -1.24. The molecule has 0 bridgehead atoms. The molecule has 178 valence electrons. The van der Waals surface area contributed by atoms with Crippen molar-refractivity contribution in [2.75, 3.05) is 30.8 Å². The van der Waals surface area contributed by atoms with Crippen molar-refractivity contribution >= 4 is 34.6 Å². The van der Waals surface area contributed by atoms with Gasteiger partial charge in [0.2, 0.25) is 5.91 Å². The zero-order valence-electron chi connectivity index (χ0n) is 19.0. The van der Waals surface area contributed by atoms with Gasteiger partial charge < -0.3 is 24.5 Å². The molecule has 0 unspecified atom stereocenters. The molecular formula is C24H26N4O6. The van der Waals surface area contributed by atoms with Crippen LogP contribution in [-0.2, 0) is 11.2 Å². The molecular weight excluding hydrogens is 440 g/mol. The van der Waals surface area contributed by atoms with Gasteiger partial charge in [0.25, 0.3) is 6.01 Å². The molecule has 1 aliphatic heterocycles. The number of nitrogens with one attached hydrogen (secondary N) is 2. The molecule has 1 aromatic heterocycles. The number of aryl methyl sites for hydroxylation is 1. The van der Waals surface area contributed by atoms with Gasteiger partial charge >= 0.3 is 11.7 Å². The van der Waals surface area contributed by atoms with Crippen LogP contribution >= 0.6 is 0 Å². The Balaban J connectivity index is 1.65. The van der Waals surface area contributed by atoms with Crippen LogP contribution in [0.25, 0.3) is 10.9 Å². The van der Waals surface area contributed by atoms with Crippen molar-refractivity contribution in [3.05, 3.63) is 57.9 Å². The third-order valence-electron chi connectivity index (χ3n) is 5.91. The Hall–Kier alpha value is -4.08. The quantitative estimate of drug-likeness (QED) is 0.483. The van der Waals surface area contributed by atoms with Gasteiger partial charge in [0.05, 0.1) is 18.0 Å². The number of nitrogens with zero attached hydrogens (tertiary/aromatic N) is 2. The molecule has 0 aliphatic carbocycles. The van der Waals surface area contributed by atoms with Crippen molar-refractivity contribution in [3.63, 3.8) is 0 Å². The second kappa shape index (κ2) is 9.82. The van der Waals surface area contributed by atoms with E-state index in [9.17, 15) is 14.4 Å². The number of anilines is 2. The number of carboxylic acid groups (broad SMARTS) is 1. The first-order chi connectivity index (χ1) is 16.4. The first kappa shape index (κ1) is 23.1. The Morgan fingerprint density at radius 3 is 2.53 bits per heavy atom. The summed E-state index contributed by atoms with van der Waals surface area (Å²) in [6, 6.07) is 9.74. The monoisotopic (exact) mass is 466 g/mol. The zero-order valence-corrected chi connectivity index (χ0v) is 19.0. The highest BCUT2D eigenvalue weighted by atomic mass is 16.5. The average Bonchev–Trinajstić information content (AvgIpc) is 3.35. The number of ether oxygens (including phenoxy) is 1. The number of hydrogen-bond donors (Lipinski definition) is 3. The Morgan fingerprint density at radius 2 is 1.88 bits per heavy atom. The van der Waals surface area contributed by atoms with Crippen molar-refractivity contribution in [2.45, 2.75) is 32.2 Å². The number of fused-ring (bicyclic) bond motifs is 1. The number of amides is 2. The topological polar surface area (TPSA) is 134 Å². The van der Waals surface area contributed by atoms with E-state index < -0.39 is 17.8 Å². The van der Waals surface area contributed by atoms with Crippen LogP contribution in [0.15, 0.2) is 45.6 Å². The molecule has 3 aromatic rings. The number of benzene rings is 2. The van der Waals surface area contributed by atoms with Crippen molar-refractivity contribution in [1.29, 1.82) is 0 Å². The lowest BCUT2D eigenvalue weighted by Gasteiger charge is -2.24. The van der Waals surface area contributed by atoms with E-state index in [-0.39, 0.29) is 23.0 Å². The number of aromatic nitrogens is 1. The number of hydrogen-bond acceptors (Lipinski definition) is 7. The maximum Gasteiger partial charge on any atom is 0.409 e. The third-order valence-corrected chi connectivity index (χ3v) is 5.91. The average molecular weight is 466 g/mol. The Bertz CT molecular complexity index is 1260. The molecule has 4 rings (SSSR count). The number of rotatable bonds is 7. The van der Waals surface area contributed by atoms with Gasteiger partial charge in [-0.1, -0.05) is 12.1 Å². The van der Waals surface area contributed by atoms with E-state index >= 15 is 0 Å². The van der Waals surface area contributed by atoms with Gasteiger partial charge in [-0.3, -0.25) is 10.1 Å². The highest BCUT2D eigenvalue weighted by molar-refractivity contribution is 5.92.